The van der Waals surface area contributed by atoms with Gasteiger partial charge in [-0.2, -0.15) is 0 Å². The van der Waals surface area contributed by atoms with Crippen molar-refractivity contribution in [2.45, 2.75) is 6.92 Å². The van der Waals surface area contributed by atoms with E-state index in [9.17, 15) is 14.7 Å². The topological polar surface area (TPSA) is 90.5 Å². The minimum Gasteiger partial charge on any atom is -0.507 e. The van der Waals surface area contributed by atoms with Crippen LogP contribution >= 0.6 is 12.2 Å². The first-order chi connectivity index (χ1) is 8.00. The maximum atomic E-state index is 11.5. The molecule has 1 rings (SSSR count). The minimum absolute atomic E-state index is 0.0266. The van der Waals surface area contributed by atoms with Crippen molar-refractivity contribution in [1.29, 1.82) is 0 Å². The van der Waals surface area contributed by atoms with Gasteiger partial charge in [-0.1, -0.05) is 12.1 Å². The summed E-state index contributed by atoms with van der Waals surface area (Å²) < 4.78 is 0. The highest BCUT2D eigenvalue weighted by molar-refractivity contribution is 7.80. The Kier molecular flexibility index (Phi) is 4.41. The lowest BCUT2D eigenvalue weighted by molar-refractivity contribution is -0.117. The largest absolute Gasteiger partial charge is 0.507 e. The molecule has 6 nitrogen and oxygen atoms in total. The predicted molar refractivity (Wildman–Crippen MR) is 65.1 cm³/mol. The Morgan fingerprint density at radius 2 is 1.88 bits per heavy atom. The molecule has 0 aliphatic carbocycles. The number of carbonyl (C=O) groups excluding carboxylic acids is 2. The second-order valence-electron chi connectivity index (χ2n) is 3.11. The molecule has 17 heavy (non-hydrogen) atoms. The quantitative estimate of drug-likeness (QED) is 0.419. The summed E-state index contributed by atoms with van der Waals surface area (Å²) in [7, 11) is 0. The fourth-order valence-electron chi connectivity index (χ4n) is 1.04. The van der Waals surface area contributed by atoms with Crippen LogP contribution in [0.5, 0.6) is 5.75 Å². The Hall–Kier alpha value is -2.15. The van der Waals surface area contributed by atoms with Crippen molar-refractivity contribution in [3.63, 3.8) is 0 Å². The summed E-state index contributed by atoms with van der Waals surface area (Å²) in [4.78, 5) is 22.2. The van der Waals surface area contributed by atoms with E-state index in [1.807, 2.05) is 0 Å². The van der Waals surface area contributed by atoms with Crippen LogP contribution in [0.15, 0.2) is 24.3 Å². The number of hydrogen-bond acceptors (Lipinski definition) is 4. The highest BCUT2D eigenvalue weighted by Gasteiger charge is 2.09. The summed E-state index contributed by atoms with van der Waals surface area (Å²) in [6.07, 6.45) is 0. The van der Waals surface area contributed by atoms with Crippen LogP contribution in [0.3, 0.4) is 0 Å². The maximum Gasteiger partial charge on any atom is 0.273 e. The smallest absolute Gasteiger partial charge is 0.273 e. The van der Waals surface area contributed by atoms with E-state index in [0.29, 0.717) is 0 Å². The highest BCUT2D eigenvalue weighted by atomic mass is 32.1. The normalized spacial score (nSPS) is 9.24. The van der Waals surface area contributed by atoms with Gasteiger partial charge in [0.1, 0.15) is 5.75 Å². The lowest BCUT2D eigenvalue weighted by atomic mass is 10.2. The number of phenolic OH excluding ortho intramolecular Hbond substituents is 1. The number of aromatic hydroxyl groups is 1. The SMILES string of the molecule is CC(=O)NC(=S)NNC(=O)c1ccccc1O. The van der Waals surface area contributed by atoms with Gasteiger partial charge in [-0.15, -0.1) is 0 Å². The number of para-hydroxylation sites is 1. The molecule has 7 heteroatoms. The summed E-state index contributed by atoms with van der Waals surface area (Å²) in [5, 5.41) is 11.6. The number of amides is 2. The van der Waals surface area contributed by atoms with Crippen molar-refractivity contribution < 1.29 is 14.7 Å². The summed E-state index contributed by atoms with van der Waals surface area (Å²) in [6, 6.07) is 6.05. The number of hydrazine groups is 1. The van der Waals surface area contributed by atoms with Crippen LogP contribution in [0.2, 0.25) is 0 Å². The van der Waals surface area contributed by atoms with Gasteiger partial charge in [0, 0.05) is 6.92 Å². The van der Waals surface area contributed by atoms with Crippen molar-refractivity contribution in [2.75, 3.05) is 0 Å². The van der Waals surface area contributed by atoms with E-state index in [1.54, 1.807) is 12.1 Å². The molecule has 0 unspecified atom stereocenters. The number of benzene rings is 1. The number of nitrogens with one attached hydrogen (secondary N) is 3. The Morgan fingerprint density at radius 3 is 2.47 bits per heavy atom. The third-order valence-corrected chi connectivity index (χ3v) is 1.93. The standard InChI is InChI=1S/C10H11N3O3S/c1-6(14)11-10(17)13-12-9(16)7-4-2-3-5-8(7)15/h2-5,15H,1H3,(H,12,16)(H2,11,13,14,17). The van der Waals surface area contributed by atoms with E-state index in [0.717, 1.165) is 0 Å². The van der Waals surface area contributed by atoms with E-state index in [4.69, 9.17) is 12.2 Å². The molecular formula is C10H11N3O3S. The molecule has 0 spiro atoms. The zero-order valence-electron chi connectivity index (χ0n) is 8.98. The fourth-order valence-corrected chi connectivity index (χ4v) is 1.23. The molecule has 0 fully saturated rings. The summed E-state index contributed by atoms with van der Waals surface area (Å²) in [5.74, 6) is -1.05. The highest BCUT2D eigenvalue weighted by Crippen LogP contribution is 2.14. The molecule has 0 saturated carbocycles. The lowest BCUT2D eigenvalue weighted by Gasteiger charge is -2.10. The second-order valence-corrected chi connectivity index (χ2v) is 3.51. The van der Waals surface area contributed by atoms with Crippen molar-refractivity contribution in [3.05, 3.63) is 29.8 Å². The van der Waals surface area contributed by atoms with Gasteiger partial charge in [-0.3, -0.25) is 20.4 Å². The maximum absolute atomic E-state index is 11.5. The van der Waals surface area contributed by atoms with Gasteiger partial charge in [0.25, 0.3) is 5.91 Å². The minimum atomic E-state index is -0.559. The van der Waals surface area contributed by atoms with Gasteiger partial charge in [-0.05, 0) is 24.4 Å². The first-order valence-electron chi connectivity index (χ1n) is 4.66. The van der Waals surface area contributed by atoms with E-state index in [2.05, 4.69) is 16.2 Å². The number of carbonyl (C=O) groups is 2. The van der Waals surface area contributed by atoms with Crippen LogP contribution in [0.4, 0.5) is 0 Å². The van der Waals surface area contributed by atoms with Crippen LogP contribution < -0.4 is 16.2 Å². The molecular weight excluding hydrogens is 242 g/mol. The van der Waals surface area contributed by atoms with E-state index < -0.39 is 5.91 Å². The first-order valence-corrected chi connectivity index (χ1v) is 5.07. The molecule has 0 aliphatic rings. The van der Waals surface area contributed by atoms with Crippen LogP contribution in [0.1, 0.15) is 17.3 Å². The third kappa shape index (κ3) is 4.07. The van der Waals surface area contributed by atoms with Crippen LogP contribution in [-0.2, 0) is 4.79 Å². The van der Waals surface area contributed by atoms with Gasteiger partial charge in [-0.25, -0.2) is 0 Å². The molecule has 2 amide bonds. The zero-order chi connectivity index (χ0) is 12.8. The average Bonchev–Trinajstić information content (AvgIpc) is 2.25. The second kappa shape index (κ2) is 5.80. The molecule has 0 saturated heterocycles. The fraction of sp³-hybridized carbons (Fsp3) is 0.100. The summed E-state index contributed by atoms with van der Waals surface area (Å²) >= 11 is 4.71. The van der Waals surface area contributed by atoms with E-state index >= 15 is 0 Å². The van der Waals surface area contributed by atoms with Crippen LogP contribution in [-0.4, -0.2) is 22.0 Å². The van der Waals surface area contributed by atoms with Crippen LogP contribution in [0.25, 0.3) is 0 Å². The number of thiocarbonyl (C=S) groups is 1. The van der Waals surface area contributed by atoms with Crippen molar-refractivity contribution in [3.8, 4) is 5.75 Å². The van der Waals surface area contributed by atoms with E-state index in [1.165, 1.54) is 19.1 Å². The van der Waals surface area contributed by atoms with Gasteiger partial charge in [0.2, 0.25) is 5.91 Å². The molecule has 90 valence electrons. The summed E-state index contributed by atoms with van der Waals surface area (Å²) in [6.45, 7) is 1.29. The number of phenols is 1. The molecule has 0 bridgehead atoms. The lowest BCUT2D eigenvalue weighted by Crippen LogP contribution is -2.47. The Labute approximate surface area is 103 Å². The van der Waals surface area contributed by atoms with E-state index in [-0.39, 0.29) is 22.3 Å². The number of rotatable bonds is 1. The van der Waals surface area contributed by atoms with Crippen molar-refractivity contribution >= 4 is 29.1 Å². The van der Waals surface area contributed by atoms with Gasteiger partial charge in [0.15, 0.2) is 5.11 Å². The van der Waals surface area contributed by atoms with Gasteiger partial charge < -0.3 is 10.4 Å². The molecule has 0 heterocycles. The molecule has 0 atom stereocenters. The third-order valence-electron chi connectivity index (χ3n) is 1.73. The summed E-state index contributed by atoms with van der Waals surface area (Å²) in [5.41, 5.74) is 4.67. The number of hydrogen-bond donors (Lipinski definition) is 4. The van der Waals surface area contributed by atoms with Crippen LogP contribution in [0, 0.1) is 0 Å². The molecule has 1 aromatic carbocycles. The molecule has 1 aromatic rings. The zero-order valence-corrected chi connectivity index (χ0v) is 9.80. The Balaban J connectivity index is 2.54. The first kappa shape index (κ1) is 12.9. The predicted octanol–water partition coefficient (Wildman–Crippen LogP) is 0.0476. The van der Waals surface area contributed by atoms with Gasteiger partial charge >= 0.3 is 0 Å². The van der Waals surface area contributed by atoms with Crippen molar-refractivity contribution in [2.24, 2.45) is 0 Å². The molecule has 0 aromatic heterocycles. The molecule has 4 N–H and O–H groups in total. The van der Waals surface area contributed by atoms with Gasteiger partial charge in [0.05, 0.1) is 5.56 Å². The molecule has 0 aliphatic heterocycles. The Morgan fingerprint density at radius 1 is 1.24 bits per heavy atom. The monoisotopic (exact) mass is 253 g/mol. The Bertz CT molecular complexity index is 462. The molecule has 0 radical (unpaired) electrons. The average molecular weight is 253 g/mol. The van der Waals surface area contributed by atoms with Crippen molar-refractivity contribution in [1.82, 2.24) is 16.2 Å².